The molecule has 0 aliphatic rings. The molecule has 0 spiro atoms. The molecule has 0 bridgehead atoms. The molecule has 0 saturated heterocycles. The van der Waals surface area contributed by atoms with Gasteiger partial charge in [-0.1, -0.05) is 37.3 Å². The summed E-state index contributed by atoms with van der Waals surface area (Å²) < 4.78 is 11.0. The van der Waals surface area contributed by atoms with E-state index in [-0.39, 0.29) is 0 Å². The molecule has 106 valence electrons. The van der Waals surface area contributed by atoms with Gasteiger partial charge >= 0.3 is 0 Å². The van der Waals surface area contributed by atoms with Gasteiger partial charge in [-0.2, -0.15) is 0 Å². The summed E-state index contributed by atoms with van der Waals surface area (Å²) in [5.74, 6) is 1.63. The second-order valence-corrected chi connectivity index (χ2v) is 4.57. The van der Waals surface area contributed by atoms with Crippen LogP contribution >= 0.6 is 0 Å². The van der Waals surface area contributed by atoms with Crippen molar-refractivity contribution in [2.75, 3.05) is 13.7 Å². The maximum atomic E-state index is 5.79. The molecule has 0 radical (unpaired) electrons. The van der Waals surface area contributed by atoms with E-state index in [1.807, 2.05) is 24.3 Å². The van der Waals surface area contributed by atoms with Crippen LogP contribution in [-0.4, -0.2) is 13.7 Å². The van der Waals surface area contributed by atoms with Gasteiger partial charge in [0.2, 0.25) is 0 Å². The molecule has 20 heavy (non-hydrogen) atoms. The Hall–Kier alpha value is -2.00. The van der Waals surface area contributed by atoms with Gasteiger partial charge in [-0.3, -0.25) is 0 Å². The Balaban J connectivity index is 1.95. The number of methoxy groups -OCH3 is 1. The van der Waals surface area contributed by atoms with Crippen LogP contribution in [0.15, 0.2) is 48.5 Å². The molecule has 0 fully saturated rings. The molecule has 2 aromatic carbocycles. The van der Waals surface area contributed by atoms with E-state index in [4.69, 9.17) is 9.47 Å². The molecule has 2 aromatic rings. The van der Waals surface area contributed by atoms with Crippen LogP contribution in [0.25, 0.3) is 0 Å². The first kappa shape index (κ1) is 14.4. The summed E-state index contributed by atoms with van der Waals surface area (Å²) >= 11 is 0. The van der Waals surface area contributed by atoms with Gasteiger partial charge in [0.25, 0.3) is 0 Å². The van der Waals surface area contributed by atoms with Gasteiger partial charge in [-0.15, -0.1) is 0 Å². The van der Waals surface area contributed by atoms with Gasteiger partial charge < -0.3 is 14.8 Å². The Kier molecular flexibility index (Phi) is 5.44. The van der Waals surface area contributed by atoms with Gasteiger partial charge in [0.05, 0.1) is 7.11 Å². The van der Waals surface area contributed by atoms with Crippen molar-refractivity contribution < 1.29 is 9.47 Å². The molecule has 0 aliphatic carbocycles. The third-order valence-corrected chi connectivity index (χ3v) is 3.02. The minimum atomic E-state index is 0.563. The van der Waals surface area contributed by atoms with Crippen LogP contribution in [0.1, 0.15) is 18.1 Å². The lowest BCUT2D eigenvalue weighted by Gasteiger charge is -2.09. The van der Waals surface area contributed by atoms with Gasteiger partial charge in [-0.05, 0) is 29.8 Å². The average Bonchev–Trinajstić information content (AvgIpc) is 2.51. The maximum Gasteiger partial charge on any atom is 0.123 e. The minimum absolute atomic E-state index is 0.563. The molecule has 3 heteroatoms. The van der Waals surface area contributed by atoms with Crippen LogP contribution in [0.3, 0.4) is 0 Å². The Bertz CT molecular complexity index is 540. The quantitative estimate of drug-likeness (QED) is 0.837. The summed E-state index contributed by atoms with van der Waals surface area (Å²) in [4.78, 5) is 0. The van der Waals surface area contributed by atoms with Gasteiger partial charge in [0, 0.05) is 12.6 Å². The lowest BCUT2D eigenvalue weighted by molar-refractivity contribution is 0.303. The van der Waals surface area contributed by atoms with E-state index in [1.165, 1.54) is 11.1 Å². The number of hydrogen-bond donors (Lipinski definition) is 1. The van der Waals surface area contributed by atoms with Crippen LogP contribution in [0.2, 0.25) is 0 Å². The third-order valence-electron chi connectivity index (χ3n) is 3.02. The van der Waals surface area contributed by atoms with E-state index >= 15 is 0 Å². The highest BCUT2D eigenvalue weighted by atomic mass is 16.5. The van der Waals surface area contributed by atoms with Gasteiger partial charge in [0.15, 0.2) is 0 Å². The summed E-state index contributed by atoms with van der Waals surface area (Å²) in [6, 6.07) is 16.1. The van der Waals surface area contributed by atoms with Crippen LogP contribution in [0.5, 0.6) is 11.5 Å². The summed E-state index contributed by atoms with van der Waals surface area (Å²) in [5, 5.41) is 3.32. The SMILES string of the molecule is CCNCc1cccc(COc2cccc(OC)c2)c1. The first-order chi connectivity index (χ1) is 9.81. The zero-order valence-corrected chi connectivity index (χ0v) is 12.1. The fourth-order valence-corrected chi connectivity index (χ4v) is 1.96. The highest BCUT2D eigenvalue weighted by molar-refractivity contribution is 5.33. The molecular weight excluding hydrogens is 250 g/mol. The number of hydrogen-bond acceptors (Lipinski definition) is 3. The molecule has 0 atom stereocenters. The first-order valence-electron chi connectivity index (χ1n) is 6.87. The maximum absolute atomic E-state index is 5.79. The third kappa shape index (κ3) is 4.28. The van der Waals surface area contributed by atoms with Crippen molar-refractivity contribution in [3.05, 3.63) is 59.7 Å². The molecule has 0 saturated carbocycles. The predicted octanol–water partition coefficient (Wildman–Crippen LogP) is 3.38. The minimum Gasteiger partial charge on any atom is -0.497 e. The lowest BCUT2D eigenvalue weighted by Crippen LogP contribution is -2.11. The number of benzene rings is 2. The van der Waals surface area contributed by atoms with E-state index in [9.17, 15) is 0 Å². The van der Waals surface area contributed by atoms with Crippen molar-refractivity contribution in [1.29, 1.82) is 0 Å². The second kappa shape index (κ2) is 7.56. The zero-order valence-electron chi connectivity index (χ0n) is 12.1. The normalized spacial score (nSPS) is 10.3. The van der Waals surface area contributed by atoms with E-state index < -0.39 is 0 Å². The summed E-state index contributed by atoms with van der Waals surface area (Å²) in [6.07, 6.45) is 0. The zero-order chi connectivity index (χ0) is 14.2. The van der Waals surface area contributed by atoms with Crippen molar-refractivity contribution in [1.82, 2.24) is 5.32 Å². The Labute approximate surface area is 120 Å². The second-order valence-electron chi connectivity index (χ2n) is 4.57. The molecule has 0 amide bonds. The topological polar surface area (TPSA) is 30.5 Å². The van der Waals surface area contributed by atoms with Crippen molar-refractivity contribution in [2.45, 2.75) is 20.1 Å². The summed E-state index contributed by atoms with van der Waals surface area (Å²) in [6.45, 7) is 4.54. The molecule has 3 nitrogen and oxygen atoms in total. The van der Waals surface area contributed by atoms with E-state index in [2.05, 4.69) is 36.5 Å². The highest BCUT2D eigenvalue weighted by Crippen LogP contribution is 2.20. The molecule has 1 N–H and O–H groups in total. The van der Waals surface area contributed by atoms with Gasteiger partial charge in [0.1, 0.15) is 18.1 Å². The van der Waals surface area contributed by atoms with E-state index in [0.29, 0.717) is 6.61 Å². The lowest BCUT2D eigenvalue weighted by atomic mass is 10.1. The molecule has 0 unspecified atom stereocenters. The Morgan fingerprint density at radius 3 is 2.50 bits per heavy atom. The smallest absolute Gasteiger partial charge is 0.123 e. The number of ether oxygens (including phenoxy) is 2. The molecule has 0 aliphatic heterocycles. The molecular formula is C17H21NO2. The monoisotopic (exact) mass is 271 g/mol. The molecule has 0 heterocycles. The van der Waals surface area contributed by atoms with Crippen molar-refractivity contribution in [2.24, 2.45) is 0 Å². The fraction of sp³-hybridized carbons (Fsp3) is 0.294. The number of nitrogens with one attached hydrogen (secondary N) is 1. The predicted molar refractivity (Wildman–Crippen MR) is 81.1 cm³/mol. The summed E-state index contributed by atoms with van der Waals surface area (Å²) in [5.41, 5.74) is 2.45. The summed E-state index contributed by atoms with van der Waals surface area (Å²) in [7, 11) is 1.66. The number of rotatable bonds is 7. The molecule has 0 aromatic heterocycles. The van der Waals surface area contributed by atoms with Crippen LogP contribution in [0, 0.1) is 0 Å². The van der Waals surface area contributed by atoms with Crippen molar-refractivity contribution in [3.63, 3.8) is 0 Å². The van der Waals surface area contributed by atoms with Crippen LogP contribution in [0.4, 0.5) is 0 Å². The average molecular weight is 271 g/mol. The Morgan fingerprint density at radius 1 is 0.950 bits per heavy atom. The van der Waals surface area contributed by atoms with Crippen molar-refractivity contribution >= 4 is 0 Å². The largest absolute Gasteiger partial charge is 0.497 e. The van der Waals surface area contributed by atoms with Crippen LogP contribution < -0.4 is 14.8 Å². The Morgan fingerprint density at radius 2 is 1.70 bits per heavy atom. The van der Waals surface area contributed by atoms with E-state index in [0.717, 1.165) is 24.6 Å². The first-order valence-corrected chi connectivity index (χ1v) is 6.87. The standard InChI is InChI=1S/C17H21NO2/c1-3-18-12-14-6-4-7-15(10-14)13-20-17-9-5-8-16(11-17)19-2/h4-11,18H,3,12-13H2,1-2H3. The highest BCUT2D eigenvalue weighted by Gasteiger charge is 1.99. The van der Waals surface area contributed by atoms with Crippen LogP contribution in [-0.2, 0) is 13.2 Å². The molecule has 2 rings (SSSR count). The van der Waals surface area contributed by atoms with E-state index in [1.54, 1.807) is 7.11 Å². The fourth-order valence-electron chi connectivity index (χ4n) is 1.96. The van der Waals surface area contributed by atoms with Crippen molar-refractivity contribution in [3.8, 4) is 11.5 Å². The van der Waals surface area contributed by atoms with Gasteiger partial charge in [-0.25, -0.2) is 0 Å².